The standard InChI is InChI=1S/C18H18N4O2S/c19-17-22-18(11-25-17)6-8-24-15-5-4-12(9-13(15)18)10-21-16(23)14-3-1-2-7-20-14/h1-5,7,9H,6,8,10-11H2,(H2,19,22)(H,21,23)/t18-/m0/s1. The number of carbonyl (C=O) groups excluding carboxylic acids is 1. The third-order valence-corrected chi connectivity index (χ3v) is 5.46. The van der Waals surface area contributed by atoms with Crippen molar-refractivity contribution in [2.75, 3.05) is 12.4 Å². The highest BCUT2D eigenvalue weighted by Crippen LogP contribution is 2.45. The van der Waals surface area contributed by atoms with E-state index in [1.54, 1.807) is 36.2 Å². The van der Waals surface area contributed by atoms with Crippen LogP contribution in [0.2, 0.25) is 0 Å². The van der Waals surface area contributed by atoms with E-state index in [0.717, 1.165) is 29.1 Å². The summed E-state index contributed by atoms with van der Waals surface area (Å²) in [4.78, 5) is 20.9. The van der Waals surface area contributed by atoms with Crippen molar-refractivity contribution in [1.82, 2.24) is 10.3 Å². The predicted molar refractivity (Wildman–Crippen MR) is 97.7 cm³/mol. The molecule has 4 rings (SSSR count). The van der Waals surface area contributed by atoms with Crippen molar-refractivity contribution in [2.24, 2.45) is 10.7 Å². The number of thioether (sulfide) groups is 1. The van der Waals surface area contributed by atoms with Gasteiger partial charge in [-0.05, 0) is 29.8 Å². The molecule has 2 aromatic rings. The molecule has 6 nitrogen and oxygen atoms in total. The van der Waals surface area contributed by atoms with Crippen molar-refractivity contribution >= 4 is 22.8 Å². The number of nitrogens with two attached hydrogens (primary N) is 1. The molecular formula is C18H18N4O2S. The maximum atomic E-state index is 12.2. The second-order valence-electron chi connectivity index (χ2n) is 6.10. The minimum absolute atomic E-state index is 0.192. The molecule has 0 radical (unpaired) electrons. The summed E-state index contributed by atoms with van der Waals surface area (Å²) < 4.78 is 5.78. The lowest BCUT2D eigenvalue weighted by Crippen LogP contribution is -2.32. The van der Waals surface area contributed by atoms with Gasteiger partial charge in [-0.15, -0.1) is 0 Å². The summed E-state index contributed by atoms with van der Waals surface area (Å²) in [6.07, 6.45) is 2.42. The van der Waals surface area contributed by atoms with Crippen molar-refractivity contribution in [3.63, 3.8) is 0 Å². The van der Waals surface area contributed by atoms with Gasteiger partial charge in [0.15, 0.2) is 5.17 Å². The first-order valence-electron chi connectivity index (χ1n) is 8.10. The largest absolute Gasteiger partial charge is 0.493 e. The van der Waals surface area contributed by atoms with Gasteiger partial charge in [0.1, 0.15) is 17.0 Å². The van der Waals surface area contributed by atoms with Gasteiger partial charge in [-0.1, -0.05) is 23.9 Å². The van der Waals surface area contributed by atoms with Crippen molar-refractivity contribution in [1.29, 1.82) is 0 Å². The van der Waals surface area contributed by atoms with E-state index in [0.29, 0.717) is 24.0 Å². The average Bonchev–Trinajstić information content (AvgIpc) is 3.02. The molecule has 0 unspecified atom stereocenters. The number of nitrogens with one attached hydrogen (secondary N) is 1. The van der Waals surface area contributed by atoms with Gasteiger partial charge < -0.3 is 15.8 Å². The number of aromatic nitrogens is 1. The number of carbonyl (C=O) groups is 1. The number of fused-ring (bicyclic) bond motifs is 2. The van der Waals surface area contributed by atoms with E-state index in [9.17, 15) is 4.79 Å². The van der Waals surface area contributed by atoms with Crippen LogP contribution in [-0.4, -0.2) is 28.4 Å². The Bertz CT molecular complexity index is 840. The van der Waals surface area contributed by atoms with Crippen LogP contribution in [0.3, 0.4) is 0 Å². The van der Waals surface area contributed by atoms with E-state index in [1.165, 1.54) is 0 Å². The lowest BCUT2D eigenvalue weighted by Gasteiger charge is -2.32. The Morgan fingerprint density at radius 2 is 2.28 bits per heavy atom. The lowest BCUT2D eigenvalue weighted by atomic mass is 9.86. The first kappa shape index (κ1) is 16.0. The highest BCUT2D eigenvalue weighted by atomic mass is 32.2. The first-order valence-corrected chi connectivity index (χ1v) is 9.08. The monoisotopic (exact) mass is 354 g/mol. The second kappa shape index (κ2) is 6.40. The minimum atomic E-state index is -0.302. The fourth-order valence-electron chi connectivity index (χ4n) is 3.15. The molecule has 2 aliphatic rings. The molecule has 0 saturated heterocycles. The van der Waals surface area contributed by atoms with Gasteiger partial charge in [-0.2, -0.15) is 0 Å². The molecule has 1 aromatic carbocycles. The molecule has 3 heterocycles. The zero-order valence-corrected chi connectivity index (χ0v) is 14.4. The van der Waals surface area contributed by atoms with E-state index in [-0.39, 0.29) is 11.4 Å². The van der Waals surface area contributed by atoms with E-state index in [2.05, 4.69) is 21.4 Å². The van der Waals surface area contributed by atoms with Crippen LogP contribution in [0.15, 0.2) is 47.6 Å². The van der Waals surface area contributed by atoms with Crippen molar-refractivity contribution < 1.29 is 9.53 Å². The summed E-state index contributed by atoms with van der Waals surface area (Å²) in [7, 11) is 0. The first-order chi connectivity index (χ1) is 12.2. The fraction of sp³-hybridized carbons (Fsp3) is 0.278. The van der Waals surface area contributed by atoms with Crippen LogP contribution in [0, 0.1) is 0 Å². The summed E-state index contributed by atoms with van der Waals surface area (Å²) in [6, 6.07) is 11.3. The number of hydrogen-bond donors (Lipinski definition) is 2. The summed E-state index contributed by atoms with van der Waals surface area (Å²) in [5.41, 5.74) is 8.06. The average molecular weight is 354 g/mol. The van der Waals surface area contributed by atoms with Crippen LogP contribution < -0.4 is 15.8 Å². The smallest absolute Gasteiger partial charge is 0.270 e. The summed E-state index contributed by atoms with van der Waals surface area (Å²) in [5.74, 6) is 1.49. The molecule has 7 heteroatoms. The van der Waals surface area contributed by atoms with E-state index >= 15 is 0 Å². The maximum absolute atomic E-state index is 12.2. The van der Waals surface area contributed by atoms with Gasteiger partial charge in [0.2, 0.25) is 0 Å². The number of hydrogen-bond acceptors (Lipinski definition) is 6. The molecule has 25 heavy (non-hydrogen) atoms. The van der Waals surface area contributed by atoms with Crippen molar-refractivity contribution in [2.45, 2.75) is 18.5 Å². The quantitative estimate of drug-likeness (QED) is 0.880. The number of nitrogens with zero attached hydrogens (tertiary/aromatic N) is 2. The van der Waals surface area contributed by atoms with Crippen LogP contribution in [0.4, 0.5) is 0 Å². The topological polar surface area (TPSA) is 89.6 Å². The van der Waals surface area contributed by atoms with E-state index in [1.807, 2.05) is 12.1 Å². The van der Waals surface area contributed by atoms with Crippen molar-refractivity contribution in [3.05, 3.63) is 59.4 Å². The number of pyridine rings is 1. The summed E-state index contributed by atoms with van der Waals surface area (Å²) in [5, 5.41) is 3.53. The van der Waals surface area contributed by atoms with Gasteiger partial charge in [0.25, 0.3) is 5.91 Å². The Labute approximate surface area is 149 Å². The maximum Gasteiger partial charge on any atom is 0.270 e. The molecule has 1 atom stereocenters. The van der Waals surface area contributed by atoms with Gasteiger partial charge in [-0.3, -0.25) is 14.8 Å². The lowest BCUT2D eigenvalue weighted by molar-refractivity contribution is 0.0946. The molecule has 3 N–H and O–H groups in total. The Morgan fingerprint density at radius 1 is 1.36 bits per heavy atom. The number of ether oxygens (including phenoxy) is 1. The SMILES string of the molecule is NC1=N[C@@]2(CCOc3ccc(CNC(=O)c4ccccn4)cc32)CS1. The molecule has 0 fully saturated rings. The number of benzene rings is 1. The molecule has 1 aromatic heterocycles. The fourth-order valence-corrected chi connectivity index (χ4v) is 4.14. The normalized spacial score (nSPS) is 21.4. The van der Waals surface area contributed by atoms with E-state index in [4.69, 9.17) is 10.5 Å². The number of rotatable bonds is 3. The third kappa shape index (κ3) is 3.07. The van der Waals surface area contributed by atoms with Gasteiger partial charge in [0.05, 0.1) is 6.61 Å². The van der Waals surface area contributed by atoms with Crippen LogP contribution in [0.5, 0.6) is 5.75 Å². The van der Waals surface area contributed by atoms with Gasteiger partial charge in [0, 0.05) is 30.5 Å². The molecule has 1 amide bonds. The Balaban J connectivity index is 1.55. The Hall–Kier alpha value is -2.54. The predicted octanol–water partition coefficient (Wildman–Crippen LogP) is 2.05. The molecule has 128 valence electrons. The summed E-state index contributed by atoms with van der Waals surface area (Å²) >= 11 is 1.58. The number of amides is 1. The van der Waals surface area contributed by atoms with Crippen LogP contribution in [0.25, 0.3) is 0 Å². The summed E-state index contributed by atoms with van der Waals surface area (Å²) in [6.45, 7) is 1.06. The van der Waals surface area contributed by atoms with Gasteiger partial charge >= 0.3 is 0 Å². The third-order valence-electron chi connectivity index (χ3n) is 4.45. The highest BCUT2D eigenvalue weighted by molar-refractivity contribution is 8.14. The molecule has 0 aliphatic carbocycles. The Morgan fingerprint density at radius 3 is 3.04 bits per heavy atom. The van der Waals surface area contributed by atoms with Gasteiger partial charge in [-0.25, -0.2) is 0 Å². The minimum Gasteiger partial charge on any atom is -0.493 e. The molecule has 2 aliphatic heterocycles. The zero-order chi connectivity index (χ0) is 17.3. The van der Waals surface area contributed by atoms with E-state index < -0.39 is 0 Å². The molecule has 0 bridgehead atoms. The molecular weight excluding hydrogens is 336 g/mol. The van der Waals surface area contributed by atoms with Crippen LogP contribution in [-0.2, 0) is 12.1 Å². The molecule has 0 saturated carbocycles. The Kier molecular flexibility index (Phi) is 4.09. The number of aliphatic imine (C=N–C) groups is 1. The highest BCUT2D eigenvalue weighted by Gasteiger charge is 2.41. The second-order valence-corrected chi connectivity index (χ2v) is 7.09. The molecule has 1 spiro atoms. The van der Waals surface area contributed by atoms with Crippen molar-refractivity contribution in [3.8, 4) is 5.75 Å². The number of amidine groups is 1. The zero-order valence-electron chi connectivity index (χ0n) is 13.6. The van der Waals surface area contributed by atoms with Crippen LogP contribution in [0.1, 0.15) is 28.0 Å². The van der Waals surface area contributed by atoms with Crippen LogP contribution >= 0.6 is 11.8 Å².